The van der Waals surface area contributed by atoms with Gasteiger partial charge < -0.3 is 10.6 Å². The van der Waals surface area contributed by atoms with Crippen LogP contribution in [0.1, 0.15) is 20.3 Å². The van der Waals surface area contributed by atoms with Crippen LogP contribution in [0.3, 0.4) is 0 Å². The van der Waals surface area contributed by atoms with Gasteiger partial charge in [-0.2, -0.15) is 0 Å². The van der Waals surface area contributed by atoms with Crippen molar-refractivity contribution in [1.29, 1.82) is 0 Å². The summed E-state index contributed by atoms with van der Waals surface area (Å²) in [5.41, 5.74) is 0.897. The number of rotatable bonds is 6. The Morgan fingerprint density at radius 1 is 1.25 bits per heavy atom. The molecule has 2 N–H and O–H groups in total. The summed E-state index contributed by atoms with van der Waals surface area (Å²) in [5, 5.41) is 7.06. The molecule has 0 saturated carbocycles. The van der Waals surface area contributed by atoms with E-state index in [1.165, 1.54) is 6.33 Å². The topological polar surface area (TPSA) is 66.9 Å². The molecule has 0 bridgehead atoms. The molecule has 20 heavy (non-hydrogen) atoms. The maximum absolute atomic E-state index is 11.6. The third-order valence-electron chi connectivity index (χ3n) is 2.89. The second-order valence-electron chi connectivity index (χ2n) is 5.11. The molecule has 0 unspecified atom stereocenters. The van der Waals surface area contributed by atoms with E-state index in [0.29, 0.717) is 18.9 Å². The van der Waals surface area contributed by atoms with Crippen molar-refractivity contribution in [3.05, 3.63) is 30.6 Å². The minimum Gasteiger partial charge on any atom is -0.369 e. The largest absolute Gasteiger partial charge is 0.369 e. The predicted molar refractivity (Wildman–Crippen MR) is 80.5 cm³/mol. The lowest BCUT2D eigenvalue weighted by molar-refractivity contribution is -0.120. The first-order valence-electron chi connectivity index (χ1n) is 6.87. The van der Waals surface area contributed by atoms with E-state index in [9.17, 15) is 4.79 Å². The summed E-state index contributed by atoms with van der Waals surface area (Å²) in [5.74, 6) is 1.30. The van der Waals surface area contributed by atoms with Crippen molar-refractivity contribution in [3.8, 4) is 0 Å². The quantitative estimate of drug-likeness (QED) is 0.846. The lowest BCUT2D eigenvalue weighted by Gasteiger charge is -2.09. The molecule has 0 atom stereocenters. The standard InChI is InChI=1S/C15H20N4O/c1-11(2)9-17-14(20)7-8-16-15-12-5-3-4-6-13(12)18-10-19-15/h3-6,10-11H,7-9H2,1-2H3,(H,17,20)(H,16,18,19). The molecule has 1 amide bonds. The Bertz CT molecular complexity index is 578. The molecule has 5 nitrogen and oxygen atoms in total. The zero-order valence-corrected chi connectivity index (χ0v) is 11.9. The highest BCUT2D eigenvalue weighted by Crippen LogP contribution is 2.17. The number of hydrogen-bond donors (Lipinski definition) is 2. The molecule has 1 aromatic heterocycles. The Labute approximate surface area is 118 Å². The second-order valence-corrected chi connectivity index (χ2v) is 5.11. The molecule has 0 fully saturated rings. The van der Waals surface area contributed by atoms with Crippen LogP contribution in [0.25, 0.3) is 10.9 Å². The summed E-state index contributed by atoms with van der Waals surface area (Å²) < 4.78 is 0. The van der Waals surface area contributed by atoms with Crippen molar-refractivity contribution < 1.29 is 4.79 Å². The van der Waals surface area contributed by atoms with Crippen LogP contribution in [-0.4, -0.2) is 29.0 Å². The highest BCUT2D eigenvalue weighted by molar-refractivity contribution is 5.88. The molecule has 0 aliphatic carbocycles. The van der Waals surface area contributed by atoms with Gasteiger partial charge in [-0.3, -0.25) is 4.79 Å². The fourth-order valence-corrected chi connectivity index (χ4v) is 1.85. The van der Waals surface area contributed by atoms with Crippen molar-refractivity contribution in [3.63, 3.8) is 0 Å². The number of nitrogens with zero attached hydrogens (tertiary/aromatic N) is 2. The summed E-state index contributed by atoms with van der Waals surface area (Å²) in [6.45, 7) is 5.43. The zero-order chi connectivity index (χ0) is 14.4. The van der Waals surface area contributed by atoms with Gasteiger partial charge in [-0.1, -0.05) is 26.0 Å². The van der Waals surface area contributed by atoms with Gasteiger partial charge in [0, 0.05) is 24.9 Å². The summed E-state index contributed by atoms with van der Waals surface area (Å²) in [7, 11) is 0. The van der Waals surface area contributed by atoms with E-state index in [1.807, 2.05) is 24.3 Å². The SMILES string of the molecule is CC(C)CNC(=O)CCNc1ncnc2ccccc12. The number of hydrogen-bond acceptors (Lipinski definition) is 4. The first-order valence-corrected chi connectivity index (χ1v) is 6.87. The van der Waals surface area contributed by atoms with Gasteiger partial charge in [0.05, 0.1) is 5.52 Å². The lowest BCUT2D eigenvalue weighted by atomic mass is 10.2. The third-order valence-corrected chi connectivity index (χ3v) is 2.89. The number of para-hydroxylation sites is 1. The van der Waals surface area contributed by atoms with Crippen LogP contribution in [0.2, 0.25) is 0 Å². The van der Waals surface area contributed by atoms with Gasteiger partial charge in [-0.15, -0.1) is 0 Å². The Morgan fingerprint density at radius 2 is 2.05 bits per heavy atom. The fraction of sp³-hybridized carbons (Fsp3) is 0.400. The van der Waals surface area contributed by atoms with Crippen LogP contribution in [0, 0.1) is 5.92 Å². The van der Waals surface area contributed by atoms with E-state index in [-0.39, 0.29) is 5.91 Å². The van der Waals surface area contributed by atoms with Crippen molar-refractivity contribution >= 4 is 22.6 Å². The van der Waals surface area contributed by atoms with E-state index in [1.54, 1.807) is 0 Å². The van der Waals surface area contributed by atoms with E-state index in [4.69, 9.17) is 0 Å². The van der Waals surface area contributed by atoms with Gasteiger partial charge in [0.15, 0.2) is 0 Å². The number of fused-ring (bicyclic) bond motifs is 1. The number of nitrogens with one attached hydrogen (secondary N) is 2. The molecular formula is C15H20N4O. The first-order chi connectivity index (χ1) is 9.66. The summed E-state index contributed by atoms with van der Waals surface area (Å²) in [4.78, 5) is 20.0. The maximum Gasteiger partial charge on any atom is 0.221 e. The van der Waals surface area contributed by atoms with Crippen LogP contribution in [0.15, 0.2) is 30.6 Å². The minimum atomic E-state index is 0.0598. The minimum absolute atomic E-state index is 0.0598. The lowest BCUT2D eigenvalue weighted by Crippen LogP contribution is -2.28. The normalized spacial score (nSPS) is 10.8. The summed E-state index contributed by atoms with van der Waals surface area (Å²) in [6, 6.07) is 7.80. The molecule has 0 saturated heterocycles. The molecule has 5 heteroatoms. The van der Waals surface area contributed by atoms with Crippen LogP contribution in [-0.2, 0) is 4.79 Å². The smallest absolute Gasteiger partial charge is 0.221 e. The van der Waals surface area contributed by atoms with Crippen LogP contribution < -0.4 is 10.6 Å². The average Bonchev–Trinajstić information content (AvgIpc) is 2.45. The first kappa shape index (κ1) is 14.2. The van der Waals surface area contributed by atoms with Gasteiger partial charge in [0.1, 0.15) is 12.1 Å². The Balaban J connectivity index is 1.88. The highest BCUT2D eigenvalue weighted by atomic mass is 16.1. The number of carbonyl (C=O) groups excluding carboxylic acids is 1. The average molecular weight is 272 g/mol. The van der Waals surface area contributed by atoms with E-state index in [0.717, 1.165) is 23.3 Å². The molecule has 0 aliphatic rings. The number of anilines is 1. The van der Waals surface area contributed by atoms with E-state index < -0.39 is 0 Å². The van der Waals surface area contributed by atoms with Crippen molar-refractivity contribution in [2.24, 2.45) is 5.92 Å². The zero-order valence-electron chi connectivity index (χ0n) is 11.9. The van der Waals surface area contributed by atoms with Crippen LogP contribution >= 0.6 is 0 Å². The summed E-state index contributed by atoms with van der Waals surface area (Å²) in [6.07, 6.45) is 1.97. The van der Waals surface area contributed by atoms with Crippen LogP contribution in [0.5, 0.6) is 0 Å². The highest BCUT2D eigenvalue weighted by Gasteiger charge is 2.05. The molecule has 1 heterocycles. The molecule has 0 spiro atoms. The third kappa shape index (κ3) is 3.91. The van der Waals surface area contributed by atoms with Gasteiger partial charge in [-0.05, 0) is 18.1 Å². The molecule has 106 valence electrons. The van der Waals surface area contributed by atoms with Crippen molar-refractivity contribution in [2.75, 3.05) is 18.4 Å². The molecule has 1 aromatic carbocycles. The number of aromatic nitrogens is 2. The Morgan fingerprint density at radius 3 is 2.85 bits per heavy atom. The molecular weight excluding hydrogens is 252 g/mol. The van der Waals surface area contributed by atoms with Crippen LogP contribution in [0.4, 0.5) is 5.82 Å². The number of benzene rings is 1. The maximum atomic E-state index is 11.6. The van der Waals surface area contributed by atoms with Gasteiger partial charge in [0.2, 0.25) is 5.91 Å². The molecule has 0 aliphatic heterocycles. The molecule has 2 rings (SSSR count). The fourth-order valence-electron chi connectivity index (χ4n) is 1.85. The summed E-state index contributed by atoms with van der Waals surface area (Å²) >= 11 is 0. The van der Waals surface area contributed by atoms with Gasteiger partial charge in [0.25, 0.3) is 0 Å². The van der Waals surface area contributed by atoms with E-state index in [2.05, 4.69) is 34.4 Å². The van der Waals surface area contributed by atoms with Crippen molar-refractivity contribution in [1.82, 2.24) is 15.3 Å². The van der Waals surface area contributed by atoms with Gasteiger partial charge in [-0.25, -0.2) is 9.97 Å². The number of carbonyl (C=O) groups is 1. The second kappa shape index (κ2) is 6.84. The monoisotopic (exact) mass is 272 g/mol. The van der Waals surface area contributed by atoms with E-state index >= 15 is 0 Å². The predicted octanol–water partition coefficient (Wildman–Crippen LogP) is 2.20. The van der Waals surface area contributed by atoms with Crippen molar-refractivity contribution in [2.45, 2.75) is 20.3 Å². The molecule has 2 aromatic rings. The van der Waals surface area contributed by atoms with Gasteiger partial charge >= 0.3 is 0 Å². The molecule has 0 radical (unpaired) electrons. The Kier molecular flexibility index (Phi) is 4.87. The number of amides is 1. The Hall–Kier alpha value is -2.17.